The molecule has 110 valence electrons. The summed E-state index contributed by atoms with van der Waals surface area (Å²) in [4.78, 5) is 11.5. The molecule has 0 heterocycles. The van der Waals surface area contributed by atoms with E-state index in [4.69, 9.17) is 9.47 Å². The van der Waals surface area contributed by atoms with E-state index in [0.717, 1.165) is 5.56 Å². The third kappa shape index (κ3) is 5.19. The first-order chi connectivity index (χ1) is 10.1. The van der Waals surface area contributed by atoms with Gasteiger partial charge in [0.1, 0.15) is 0 Å². The van der Waals surface area contributed by atoms with Crippen LogP contribution in [0, 0.1) is 5.82 Å². The molecule has 21 heavy (non-hydrogen) atoms. The summed E-state index contributed by atoms with van der Waals surface area (Å²) in [6.07, 6.45) is 0.638. The SMILES string of the molecule is O=C(COc1ccc(Br)cc1F)OCCc1ccccc1. The molecule has 2 aromatic rings. The molecule has 5 heteroatoms. The van der Waals surface area contributed by atoms with Gasteiger partial charge in [0.25, 0.3) is 0 Å². The van der Waals surface area contributed by atoms with Crippen LogP contribution in [-0.2, 0) is 16.0 Å². The number of ether oxygens (including phenoxy) is 2. The average molecular weight is 353 g/mol. The molecule has 0 fully saturated rings. The zero-order valence-electron chi connectivity index (χ0n) is 11.2. The molecule has 0 aliphatic rings. The van der Waals surface area contributed by atoms with Crippen molar-refractivity contribution in [2.75, 3.05) is 13.2 Å². The quantitative estimate of drug-likeness (QED) is 0.742. The van der Waals surface area contributed by atoms with Gasteiger partial charge in [-0.05, 0) is 23.8 Å². The highest BCUT2D eigenvalue weighted by Crippen LogP contribution is 2.21. The maximum Gasteiger partial charge on any atom is 0.344 e. The van der Waals surface area contributed by atoms with Crippen molar-refractivity contribution >= 4 is 21.9 Å². The Morgan fingerprint density at radius 2 is 1.90 bits per heavy atom. The van der Waals surface area contributed by atoms with E-state index in [-0.39, 0.29) is 19.0 Å². The van der Waals surface area contributed by atoms with Crippen LogP contribution in [-0.4, -0.2) is 19.2 Å². The summed E-state index contributed by atoms with van der Waals surface area (Å²) in [7, 11) is 0. The highest BCUT2D eigenvalue weighted by Gasteiger charge is 2.08. The Hall–Kier alpha value is -1.88. The summed E-state index contributed by atoms with van der Waals surface area (Å²) in [5.74, 6) is -1.02. The van der Waals surface area contributed by atoms with E-state index in [9.17, 15) is 9.18 Å². The summed E-state index contributed by atoms with van der Waals surface area (Å²) >= 11 is 3.15. The smallest absolute Gasteiger partial charge is 0.344 e. The molecule has 0 radical (unpaired) electrons. The van der Waals surface area contributed by atoms with Gasteiger partial charge in [-0.3, -0.25) is 0 Å². The van der Waals surface area contributed by atoms with Crippen molar-refractivity contribution in [3.63, 3.8) is 0 Å². The van der Waals surface area contributed by atoms with Gasteiger partial charge in [-0.1, -0.05) is 46.3 Å². The summed E-state index contributed by atoms with van der Waals surface area (Å²) in [5, 5.41) is 0. The van der Waals surface area contributed by atoms with Crippen molar-refractivity contribution in [2.24, 2.45) is 0 Å². The van der Waals surface area contributed by atoms with Crippen LogP contribution in [0.25, 0.3) is 0 Å². The fraction of sp³-hybridized carbons (Fsp3) is 0.188. The lowest BCUT2D eigenvalue weighted by Gasteiger charge is -2.08. The number of benzene rings is 2. The second kappa shape index (κ2) is 7.78. The van der Waals surface area contributed by atoms with Crippen LogP contribution in [0.1, 0.15) is 5.56 Å². The van der Waals surface area contributed by atoms with Gasteiger partial charge in [-0.25, -0.2) is 9.18 Å². The summed E-state index contributed by atoms with van der Waals surface area (Å²) in [6.45, 7) is -0.0393. The number of esters is 1. The minimum absolute atomic E-state index is 0.0261. The number of carbonyl (C=O) groups excluding carboxylic acids is 1. The molecule has 0 spiro atoms. The lowest BCUT2D eigenvalue weighted by atomic mass is 10.2. The van der Waals surface area contributed by atoms with Gasteiger partial charge >= 0.3 is 5.97 Å². The number of carbonyl (C=O) groups is 1. The van der Waals surface area contributed by atoms with Crippen molar-refractivity contribution in [2.45, 2.75) is 6.42 Å². The molecule has 0 saturated heterocycles. The highest BCUT2D eigenvalue weighted by molar-refractivity contribution is 9.10. The monoisotopic (exact) mass is 352 g/mol. The first-order valence-corrected chi connectivity index (χ1v) is 7.22. The van der Waals surface area contributed by atoms with Gasteiger partial charge in [0.05, 0.1) is 6.61 Å². The van der Waals surface area contributed by atoms with Crippen molar-refractivity contribution in [3.8, 4) is 5.75 Å². The Kier molecular flexibility index (Phi) is 5.75. The molecule has 0 N–H and O–H groups in total. The lowest BCUT2D eigenvalue weighted by Crippen LogP contribution is -2.16. The van der Waals surface area contributed by atoms with Crippen molar-refractivity contribution in [1.29, 1.82) is 0 Å². The van der Waals surface area contributed by atoms with E-state index >= 15 is 0 Å². The second-order valence-corrected chi connectivity index (χ2v) is 5.24. The molecule has 0 aromatic heterocycles. The fourth-order valence-electron chi connectivity index (χ4n) is 1.70. The van der Waals surface area contributed by atoms with Gasteiger partial charge in [0, 0.05) is 10.9 Å². The van der Waals surface area contributed by atoms with E-state index in [2.05, 4.69) is 15.9 Å². The molecule has 2 aromatic carbocycles. The molecule has 0 amide bonds. The van der Waals surface area contributed by atoms with Crippen LogP contribution in [0.15, 0.2) is 53.0 Å². The van der Waals surface area contributed by atoms with Gasteiger partial charge in [-0.2, -0.15) is 0 Å². The van der Waals surface area contributed by atoms with Gasteiger partial charge in [0.15, 0.2) is 18.2 Å². The predicted octanol–water partition coefficient (Wildman–Crippen LogP) is 3.75. The number of hydrogen-bond acceptors (Lipinski definition) is 3. The Morgan fingerprint density at radius 3 is 2.62 bits per heavy atom. The van der Waals surface area contributed by atoms with Crippen LogP contribution >= 0.6 is 15.9 Å². The Balaban J connectivity index is 1.72. The van der Waals surface area contributed by atoms with Crippen LogP contribution < -0.4 is 4.74 Å². The zero-order chi connectivity index (χ0) is 15.1. The second-order valence-electron chi connectivity index (χ2n) is 4.32. The molecule has 0 saturated carbocycles. The zero-order valence-corrected chi connectivity index (χ0v) is 12.8. The van der Waals surface area contributed by atoms with E-state index in [1.54, 1.807) is 6.07 Å². The van der Waals surface area contributed by atoms with Gasteiger partial charge in [0.2, 0.25) is 0 Å². The molecular weight excluding hydrogens is 339 g/mol. The molecule has 0 aliphatic heterocycles. The number of halogens is 2. The molecule has 2 rings (SSSR count). The molecule has 0 unspecified atom stereocenters. The first kappa shape index (κ1) is 15.5. The third-order valence-electron chi connectivity index (χ3n) is 2.74. The van der Waals surface area contributed by atoms with E-state index in [0.29, 0.717) is 10.9 Å². The molecule has 0 bridgehead atoms. The summed E-state index contributed by atoms with van der Waals surface area (Å²) in [6, 6.07) is 14.1. The van der Waals surface area contributed by atoms with Crippen molar-refractivity contribution in [1.82, 2.24) is 0 Å². The summed E-state index contributed by atoms with van der Waals surface area (Å²) < 4.78 is 24.2. The minimum atomic E-state index is -0.526. The molecular formula is C16H14BrFO3. The van der Waals surface area contributed by atoms with Crippen LogP contribution in [0.2, 0.25) is 0 Å². The van der Waals surface area contributed by atoms with Gasteiger partial charge < -0.3 is 9.47 Å². The lowest BCUT2D eigenvalue weighted by molar-refractivity contribution is -0.145. The van der Waals surface area contributed by atoms with E-state index in [1.165, 1.54) is 12.1 Å². The van der Waals surface area contributed by atoms with Crippen LogP contribution in [0.5, 0.6) is 5.75 Å². The third-order valence-corrected chi connectivity index (χ3v) is 3.23. The molecule has 3 nitrogen and oxygen atoms in total. The largest absolute Gasteiger partial charge is 0.479 e. The van der Waals surface area contributed by atoms with Crippen LogP contribution in [0.4, 0.5) is 4.39 Å². The number of hydrogen-bond donors (Lipinski definition) is 0. The first-order valence-electron chi connectivity index (χ1n) is 6.42. The van der Waals surface area contributed by atoms with Crippen LogP contribution in [0.3, 0.4) is 0 Å². The minimum Gasteiger partial charge on any atom is -0.479 e. The molecule has 0 atom stereocenters. The Morgan fingerprint density at radius 1 is 1.14 bits per heavy atom. The number of rotatable bonds is 6. The fourth-order valence-corrected chi connectivity index (χ4v) is 2.03. The highest BCUT2D eigenvalue weighted by atomic mass is 79.9. The molecule has 0 aliphatic carbocycles. The maximum atomic E-state index is 13.5. The van der Waals surface area contributed by atoms with Gasteiger partial charge in [-0.15, -0.1) is 0 Å². The normalized spacial score (nSPS) is 10.2. The van der Waals surface area contributed by atoms with E-state index in [1.807, 2.05) is 30.3 Å². The predicted molar refractivity (Wildman–Crippen MR) is 80.7 cm³/mol. The summed E-state index contributed by atoms with van der Waals surface area (Å²) in [5.41, 5.74) is 1.09. The standard InChI is InChI=1S/C16H14BrFO3/c17-13-6-7-15(14(18)10-13)21-11-16(19)20-9-8-12-4-2-1-3-5-12/h1-7,10H,8-9,11H2. The Bertz CT molecular complexity index is 602. The average Bonchev–Trinajstić information content (AvgIpc) is 2.47. The topological polar surface area (TPSA) is 35.5 Å². The van der Waals surface area contributed by atoms with Crippen molar-refractivity contribution < 1.29 is 18.7 Å². The van der Waals surface area contributed by atoms with E-state index < -0.39 is 11.8 Å². The maximum absolute atomic E-state index is 13.5. The van der Waals surface area contributed by atoms with Crippen molar-refractivity contribution in [3.05, 3.63) is 64.4 Å². The Labute approximate surface area is 130 Å².